The van der Waals surface area contributed by atoms with Crippen molar-refractivity contribution in [2.45, 2.75) is 26.6 Å². The molecule has 4 aromatic rings. The zero-order valence-corrected chi connectivity index (χ0v) is 18.4. The standard InChI is InChI=1S/C25H18ClF3O4/c1-14-3-4-15(2)20(11-14)32-23-22(30)19-10-9-18(12-21(19)33-24(23)25(27,28)29)31-13-16-5-7-17(26)8-6-16/h3-12H,13H2,1-2H3. The van der Waals surface area contributed by atoms with Crippen molar-refractivity contribution < 1.29 is 27.1 Å². The Morgan fingerprint density at radius 1 is 0.970 bits per heavy atom. The topological polar surface area (TPSA) is 48.7 Å². The minimum Gasteiger partial charge on any atom is -0.489 e. The molecule has 0 radical (unpaired) electrons. The van der Waals surface area contributed by atoms with E-state index in [-0.39, 0.29) is 29.1 Å². The van der Waals surface area contributed by atoms with Crippen LogP contribution < -0.4 is 14.9 Å². The maximum Gasteiger partial charge on any atom is 0.453 e. The lowest BCUT2D eigenvalue weighted by Gasteiger charge is -2.15. The predicted octanol–water partition coefficient (Wildman–Crippen LogP) is 7.45. The quantitative estimate of drug-likeness (QED) is 0.301. The second-order valence-electron chi connectivity index (χ2n) is 7.53. The van der Waals surface area contributed by atoms with Crippen LogP contribution in [0.4, 0.5) is 13.2 Å². The van der Waals surface area contributed by atoms with Gasteiger partial charge in [-0.25, -0.2) is 0 Å². The van der Waals surface area contributed by atoms with Gasteiger partial charge >= 0.3 is 6.18 Å². The van der Waals surface area contributed by atoms with E-state index >= 15 is 0 Å². The zero-order valence-electron chi connectivity index (χ0n) is 17.6. The predicted molar refractivity (Wildman–Crippen MR) is 119 cm³/mol. The molecule has 4 nitrogen and oxygen atoms in total. The zero-order chi connectivity index (χ0) is 23.8. The Kier molecular flexibility index (Phi) is 6.08. The van der Waals surface area contributed by atoms with Crippen molar-refractivity contribution in [1.29, 1.82) is 0 Å². The molecule has 0 saturated heterocycles. The second-order valence-corrected chi connectivity index (χ2v) is 7.97. The first-order valence-electron chi connectivity index (χ1n) is 9.92. The summed E-state index contributed by atoms with van der Waals surface area (Å²) in [5, 5.41) is 0.520. The van der Waals surface area contributed by atoms with Crippen molar-refractivity contribution in [3.05, 3.63) is 98.4 Å². The largest absolute Gasteiger partial charge is 0.489 e. The highest BCUT2D eigenvalue weighted by Gasteiger charge is 2.40. The van der Waals surface area contributed by atoms with Crippen LogP contribution in [0.25, 0.3) is 11.0 Å². The maximum atomic E-state index is 13.8. The number of fused-ring (bicyclic) bond motifs is 1. The van der Waals surface area contributed by atoms with Gasteiger partial charge in [0.2, 0.25) is 11.2 Å². The monoisotopic (exact) mass is 474 g/mol. The first-order chi connectivity index (χ1) is 15.6. The molecule has 0 spiro atoms. The molecule has 8 heteroatoms. The first-order valence-corrected chi connectivity index (χ1v) is 10.3. The fraction of sp³-hybridized carbons (Fsp3) is 0.160. The molecule has 0 aliphatic rings. The van der Waals surface area contributed by atoms with Gasteiger partial charge in [-0.3, -0.25) is 4.79 Å². The number of ether oxygens (including phenoxy) is 2. The van der Waals surface area contributed by atoms with Gasteiger partial charge in [0.25, 0.3) is 5.76 Å². The van der Waals surface area contributed by atoms with Gasteiger partial charge in [-0.1, -0.05) is 35.9 Å². The maximum absolute atomic E-state index is 13.8. The van der Waals surface area contributed by atoms with E-state index in [4.69, 9.17) is 25.5 Å². The summed E-state index contributed by atoms with van der Waals surface area (Å²) < 4.78 is 57.6. The van der Waals surface area contributed by atoms with Crippen LogP contribution in [0.5, 0.6) is 17.2 Å². The van der Waals surface area contributed by atoms with Crippen LogP contribution in [0.2, 0.25) is 5.02 Å². The lowest BCUT2D eigenvalue weighted by atomic mass is 10.1. The van der Waals surface area contributed by atoms with E-state index in [1.165, 1.54) is 18.2 Å². The molecule has 0 aliphatic carbocycles. The number of aryl methyl sites for hydroxylation is 2. The van der Waals surface area contributed by atoms with E-state index in [1.54, 1.807) is 56.3 Å². The molecule has 0 bridgehead atoms. The Morgan fingerprint density at radius 2 is 1.70 bits per heavy atom. The van der Waals surface area contributed by atoms with E-state index in [0.717, 1.165) is 11.1 Å². The highest BCUT2D eigenvalue weighted by Crippen LogP contribution is 2.39. The van der Waals surface area contributed by atoms with Gasteiger partial charge in [-0.2, -0.15) is 13.2 Å². The highest BCUT2D eigenvalue weighted by atomic mass is 35.5. The van der Waals surface area contributed by atoms with Crippen molar-refractivity contribution in [2.75, 3.05) is 0 Å². The third kappa shape index (κ3) is 4.98. The lowest BCUT2D eigenvalue weighted by molar-refractivity contribution is -0.154. The van der Waals surface area contributed by atoms with Gasteiger partial charge in [-0.15, -0.1) is 0 Å². The van der Waals surface area contributed by atoms with Gasteiger partial charge in [0.15, 0.2) is 0 Å². The van der Waals surface area contributed by atoms with Crippen molar-refractivity contribution in [2.24, 2.45) is 0 Å². The summed E-state index contributed by atoms with van der Waals surface area (Å²) in [6, 6.07) is 16.1. The summed E-state index contributed by atoms with van der Waals surface area (Å²) in [6.45, 7) is 3.60. The molecule has 0 aliphatic heterocycles. The molecule has 0 amide bonds. The number of alkyl halides is 3. The third-order valence-electron chi connectivity index (χ3n) is 4.95. The number of hydrogen-bond acceptors (Lipinski definition) is 4. The molecule has 1 aromatic heterocycles. The molecule has 3 aromatic carbocycles. The van der Waals surface area contributed by atoms with Gasteiger partial charge in [0, 0.05) is 11.1 Å². The Morgan fingerprint density at radius 3 is 2.39 bits per heavy atom. The molecular weight excluding hydrogens is 457 g/mol. The summed E-state index contributed by atoms with van der Waals surface area (Å²) in [6.07, 6.45) is -4.94. The fourth-order valence-electron chi connectivity index (χ4n) is 3.20. The molecule has 170 valence electrons. The Bertz CT molecular complexity index is 1380. The minimum atomic E-state index is -4.94. The third-order valence-corrected chi connectivity index (χ3v) is 5.21. The minimum absolute atomic E-state index is 0.0536. The SMILES string of the molecule is Cc1ccc(C)c(Oc2c(C(F)(F)F)oc3cc(OCc4ccc(Cl)cc4)ccc3c2=O)c1. The van der Waals surface area contributed by atoms with Crippen LogP contribution in [0.3, 0.4) is 0 Å². The Labute approximate surface area is 192 Å². The summed E-state index contributed by atoms with van der Waals surface area (Å²) >= 11 is 5.86. The van der Waals surface area contributed by atoms with Crippen molar-refractivity contribution in [3.8, 4) is 17.2 Å². The van der Waals surface area contributed by atoms with Crippen LogP contribution in [-0.4, -0.2) is 0 Å². The number of hydrogen-bond donors (Lipinski definition) is 0. The fourth-order valence-corrected chi connectivity index (χ4v) is 3.33. The summed E-state index contributed by atoms with van der Waals surface area (Å²) in [7, 11) is 0. The molecule has 33 heavy (non-hydrogen) atoms. The average Bonchev–Trinajstić information content (AvgIpc) is 2.76. The summed E-state index contributed by atoms with van der Waals surface area (Å²) in [4.78, 5) is 13.0. The van der Waals surface area contributed by atoms with E-state index in [0.29, 0.717) is 10.6 Å². The second kappa shape index (κ2) is 8.83. The van der Waals surface area contributed by atoms with Crippen molar-refractivity contribution in [3.63, 3.8) is 0 Å². The first kappa shape index (κ1) is 22.7. The number of halogens is 4. The molecular formula is C25H18ClF3O4. The highest BCUT2D eigenvalue weighted by molar-refractivity contribution is 6.30. The molecule has 0 fully saturated rings. The van der Waals surface area contributed by atoms with Gasteiger partial charge in [0.05, 0.1) is 5.39 Å². The summed E-state index contributed by atoms with van der Waals surface area (Å²) in [5.74, 6) is -2.01. The molecule has 4 rings (SSSR count). The Hall–Kier alpha value is -3.45. The normalized spacial score (nSPS) is 11.6. The van der Waals surface area contributed by atoms with Crippen molar-refractivity contribution in [1.82, 2.24) is 0 Å². The van der Waals surface area contributed by atoms with Crippen LogP contribution in [0.1, 0.15) is 22.5 Å². The molecule has 1 heterocycles. The Balaban J connectivity index is 1.74. The van der Waals surface area contributed by atoms with E-state index in [9.17, 15) is 18.0 Å². The van der Waals surface area contributed by atoms with Crippen LogP contribution in [-0.2, 0) is 12.8 Å². The van der Waals surface area contributed by atoms with Gasteiger partial charge < -0.3 is 13.9 Å². The van der Waals surface area contributed by atoms with Gasteiger partial charge in [-0.05, 0) is 60.9 Å². The molecule has 0 atom stereocenters. The lowest BCUT2D eigenvalue weighted by Crippen LogP contribution is -2.15. The van der Waals surface area contributed by atoms with E-state index in [2.05, 4.69) is 0 Å². The van der Waals surface area contributed by atoms with Crippen LogP contribution in [0, 0.1) is 13.8 Å². The molecule has 0 N–H and O–H groups in total. The van der Waals surface area contributed by atoms with Crippen LogP contribution >= 0.6 is 11.6 Å². The molecule has 0 saturated carbocycles. The van der Waals surface area contributed by atoms with Crippen LogP contribution in [0.15, 0.2) is 69.9 Å². The molecule has 0 unspecified atom stereocenters. The van der Waals surface area contributed by atoms with Gasteiger partial charge in [0.1, 0.15) is 23.7 Å². The smallest absolute Gasteiger partial charge is 0.453 e. The van der Waals surface area contributed by atoms with E-state index < -0.39 is 23.1 Å². The number of rotatable bonds is 5. The van der Waals surface area contributed by atoms with E-state index in [1.807, 2.05) is 0 Å². The van der Waals surface area contributed by atoms with Crippen molar-refractivity contribution >= 4 is 22.6 Å². The average molecular weight is 475 g/mol. The summed E-state index contributed by atoms with van der Waals surface area (Å²) in [5.41, 5.74) is 0.994. The number of benzene rings is 3.